The fraction of sp³-hybridized carbons (Fsp3) is 0.286. The van der Waals surface area contributed by atoms with Crippen molar-refractivity contribution in [1.82, 2.24) is 5.32 Å². The predicted molar refractivity (Wildman–Crippen MR) is 87.9 cm³/mol. The van der Waals surface area contributed by atoms with Gasteiger partial charge < -0.3 is 10.1 Å². The van der Waals surface area contributed by atoms with Crippen LogP contribution in [0.3, 0.4) is 0 Å². The summed E-state index contributed by atoms with van der Waals surface area (Å²) in [5.41, 5.74) is 1.88. The molecule has 0 aliphatic heterocycles. The molecule has 0 aliphatic rings. The molecule has 2 aromatic rings. The summed E-state index contributed by atoms with van der Waals surface area (Å²) in [6.07, 6.45) is 0. The second-order valence-corrected chi connectivity index (χ2v) is 6.88. The van der Waals surface area contributed by atoms with E-state index in [1.165, 1.54) is 11.3 Å². The number of ether oxygens (including phenoxy) is 1. The molecule has 0 amide bonds. The van der Waals surface area contributed by atoms with Crippen LogP contribution in [0.15, 0.2) is 24.3 Å². The summed E-state index contributed by atoms with van der Waals surface area (Å²) in [4.78, 5) is 0. The third kappa shape index (κ3) is 3.41. The molecule has 0 spiro atoms. The van der Waals surface area contributed by atoms with Gasteiger partial charge in [-0.05, 0) is 30.8 Å². The van der Waals surface area contributed by atoms with Gasteiger partial charge in [-0.2, -0.15) is 0 Å². The van der Waals surface area contributed by atoms with Crippen LogP contribution in [0.1, 0.15) is 24.1 Å². The zero-order chi connectivity index (χ0) is 14.7. The molecule has 0 aliphatic carbocycles. The summed E-state index contributed by atoms with van der Waals surface area (Å²) >= 11 is 19.8. The number of thiophene rings is 1. The van der Waals surface area contributed by atoms with Crippen molar-refractivity contribution in [3.63, 3.8) is 0 Å². The minimum atomic E-state index is -0.107. The average Bonchev–Trinajstić information content (AvgIpc) is 2.75. The molecular weight excluding hydrogens is 337 g/mol. The molecule has 1 unspecified atom stereocenters. The smallest absolute Gasteiger partial charge is 0.124 e. The molecule has 6 heteroatoms. The predicted octanol–water partition coefficient (Wildman–Crippen LogP) is 5.42. The Morgan fingerprint density at radius 3 is 2.50 bits per heavy atom. The van der Waals surface area contributed by atoms with E-state index in [4.69, 9.17) is 39.5 Å². The van der Waals surface area contributed by atoms with Gasteiger partial charge in [-0.3, -0.25) is 0 Å². The number of hydrogen-bond donors (Lipinski definition) is 1. The van der Waals surface area contributed by atoms with Crippen LogP contribution in [0.2, 0.25) is 13.7 Å². The first-order chi connectivity index (χ1) is 9.56. The van der Waals surface area contributed by atoms with E-state index >= 15 is 0 Å². The fourth-order valence-corrected chi connectivity index (χ4v) is 3.78. The van der Waals surface area contributed by atoms with Crippen molar-refractivity contribution in [3.05, 3.63) is 49.1 Å². The number of rotatable bonds is 5. The topological polar surface area (TPSA) is 21.3 Å². The highest BCUT2D eigenvalue weighted by Gasteiger charge is 2.22. The van der Waals surface area contributed by atoms with Crippen LogP contribution in [-0.2, 0) is 0 Å². The van der Waals surface area contributed by atoms with Crippen LogP contribution < -0.4 is 10.1 Å². The van der Waals surface area contributed by atoms with E-state index in [-0.39, 0.29) is 6.04 Å². The van der Waals surface area contributed by atoms with Crippen LogP contribution in [0.5, 0.6) is 5.75 Å². The quantitative estimate of drug-likeness (QED) is 0.778. The fourth-order valence-electron chi connectivity index (χ4n) is 2.07. The highest BCUT2D eigenvalue weighted by Crippen LogP contribution is 2.40. The van der Waals surface area contributed by atoms with Gasteiger partial charge in [0.25, 0.3) is 0 Å². The summed E-state index contributed by atoms with van der Waals surface area (Å²) in [6, 6.07) is 7.31. The Balaban J connectivity index is 2.53. The van der Waals surface area contributed by atoms with E-state index in [0.717, 1.165) is 23.4 Å². The summed E-state index contributed by atoms with van der Waals surface area (Å²) in [6.45, 7) is 2.82. The minimum Gasteiger partial charge on any atom is -0.496 e. The van der Waals surface area contributed by atoms with Crippen LogP contribution in [0.25, 0.3) is 0 Å². The van der Waals surface area contributed by atoms with Crippen molar-refractivity contribution in [3.8, 4) is 5.75 Å². The Hall–Kier alpha value is -0.450. The molecule has 2 nitrogen and oxygen atoms in total. The maximum atomic E-state index is 6.28. The number of benzene rings is 1. The van der Waals surface area contributed by atoms with E-state index in [2.05, 4.69) is 5.32 Å². The van der Waals surface area contributed by atoms with E-state index in [9.17, 15) is 0 Å². The molecular formula is C14H14Cl3NOS. The molecule has 20 heavy (non-hydrogen) atoms. The Morgan fingerprint density at radius 1 is 1.20 bits per heavy atom. The van der Waals surface area contributed by atoms with Gasteiger partial charge in [0.05, 0.1) is 21.8 Å². The summed E-state index contributed by atoms with van der Waals surface area (Å²) in [5, 5.41) is 4.05. The molecule has 2 rings (SSSR count). The van der Waals surface area contributed by atoms with E-state index in [1.807, 2.05) is 25.1 Å². The number of halogens is 3. The molecule has 1 atom stereocenters. The van der Waals surface area contributed by atoms with Crippen LogP contribution in [0, 0.1) is 0 Å². The first-order valence-corrected chi connectivity index (χ1v) is 8.03. The normalized spacial score (nSPS) is 12.4. The van der Waals surface area contributed by atoms with Gasteiger partial charge in [0.2, 0.25) is 0 Å². The lowest BCUT2D eigenvalue weighted by Gasteiger charge is -2.21. The highest BCUT2D eigenvalue weighted by molar-refractivity contribution is 7.20. The summed E-state index contributed by atoms with van der Waals surface area (Å²) < 4.78 is 6.75. The molecule has 1 heterocycles. The third-order valence-corrected chi connectivity index (χ3v) is 4.66. The Labute approximate surface area is 137 Å². The second-order valence-electron chi connectivity index (χ2n) is 4.16. The lowest BCUT2D eigenvalue weighted by Crippen LogP contribution is -2.22. The van der Waals surface area contributed by atoms with E-state index in [1.54, 1.807) is 13.2 Å². The van der Waals surface area contributed by atoms with Gasteiger partial charge in [0.1, 0.15) is 5.75 Å². The van der Waals surface area contributed by atoms with Crippen molar-refractivity contribution >= 4 is 46.1 Å². The lowest BCUT2D eigenvalue weighted by molar-refractivity contribution is 0.404. The van der Waals surface area contributed by atoms with Crippen LogP contribution >= 0.6 is 46.1 Å². The summed E-state index contributed by atoms with van der Waals surface area (Å²) in [5.74, 6) is 0.763. The molecule has 0 radical (unpaired) electrons. The van der Waals surface area contributed by atoms with Crippen LogP contribution in [0.4, 0.5) is 0 Å². The van der Waals surface area contributed by atoms with Crippen molar-refractivity contribution in [2.24, 2.45) is 0 Å². The van der Waals surface area contributed by atoms with E-state index in [0.29, 0.717) is 13.7 Å². The van der Waals surface area contributed by atoms with Gasteiger partial charge >= 0.3 is 0 Å². The van der Waals surface area contributed by atoms with Crippen molar-refractivity contribution in [2.75, 3.05) is 13.7 Å². The van der Waals surface area contributed by atoms with Crippen molar-refractivity contribution < 1.29 is 4.74 Å². The maximum absolute atomic E-state index is 6.28. The third-order valence-electron chi connectivity index (χ3n) is 2.91. The van der Waals surface area contributed by atoms with Crippen LogP contribution in [-0.4, -0.2) is 13.7 Å². The highest BCUT2D eigenvalue weighted by atomic mass is 35.5. The zero-order valence-electron chi connectivity index (χ0n) is 11.0. The largest absolute Gasteiger partial charge is 0.496 e. The monoisotopic (exact) mass is 349 g/mol. The van der Waals surface area contributed by atoms with Gasteiger partial charge in [-0.1, -0.05) is 41.7 Å². The molecule has 1 aromatic carbocycles. The molecule has 0 saturated carbocycles. The zero-order valence-corrected chi connectivity index (χ0v) is 14.1. The Bertz CT molecular complexity index is 600. The molecule has 108 valence electrons. The standard InChI is InChI=1S/C14H14Cl3NOS/c1-3-18-13(10-7-12(16)20-14(10)17)9-6-8(15)4-5-11(9)19-2/h4-7,13,18H,3H2,1-2H3. The Morgan fingerprint density at radius 2 is 1.95 bits per heavy atom. The number of nitrogens with one attached hydrogen (secondary N) is 1. The van der Waals surface area contributed by atoms with Crippen molar-refractivity contribution in [1.29, 1.82) is 0 Å². The Kier molecular flexibility index (Phi) is 5.58. The first kappa shape index (κ1) is 15.9. The van der Waals surface area contributed by atoms with Gasteiger partial charge in [0.15, 0.2) is 0 Å². The second kappa shape index (κ2) is 7.01. The first-order valence-electron chi connectivity index (χ1n) is 6.08. The van der Waals surface area contributed by atoms with E-state index < -0.39 is 0 Å². The van der Waals surface area contributed by atoms with Crippen molar-refractivity contribution in [2.45, 2.75) is 13.0 Å². The van der Waals surface area contributed by atoms with Gasteiger partial charge in [-0.25, -0.2) is 0 Å². The molecule has 0 saturated heterocycles. The number of methoxy groups -OCH3 is 1. The molecule has 1 N–H and O–H groups in total. The maximum Gasteiger partial charge on any atom is 0.124 e. The lowest BCUT2D eigenvalue weighted by atomic mass is 10.00. The van der Waals surface area contributed by atoms with Gasteiger partial charge in [-0.15, -0.1) is 11.3 Å². The SMILES string of the molecule is CCNC(c1cc(Cl)ccc1OC)c1cc(Cl)sc1Cl. The molecule has 0 fully saturated rings. The number of hydrogen-bond acceptors (Lipinski definition) is 3. The minimum absolute atomic E-state index is 0.107. The molecule has 1 aromatic heterocycles. The average molecular weight is 351 g/mol. The summed E-state index contributed by atoms with van der Waals surface area (Å²) in [7, 11) is 1.64. The molecule has 0 bridgehead atoms. The van der Waals surface area contributed by atoms with Gasteiger partial charge in [0, 0.05) is 16.1 Å².